The van der Waals surface area contributed by atoms with Gasteiger partial charge in [-0.15, -0.1) is 0 Å². The van der Waals surface area contributed by atoms with Gasteiger partial charge in [-0.2, -0.15) is 0 Å². The molecular formula is C18H22N2O4. The maximum atomic E-state index is 11.9. The normalized spacial score (nSPS) is 11.4. The van der Waals surface area contributed by atoms with E-state index < -0.39 is 6.23 Å². The molecule has 128 valence electrons. The van der Waals surface area contributed by atoms with Gasteiger partial charge in [-0.25, -0.2) is 4.79 Å². The van der Waals surface area contributed by atoms with Gasteiger partial charge in [0.25, 0.3) is 0 Å². The highest BCUT2D eigenvalue weighted by molar-refractivity contribution is 5.74. The summed E-state index contributed by atoms with van der Waals surface area (Å²) in [7, 11) is 1.63. The van der Waals surface area contributed by atoms with Crippen LogP contribution in [0.3, 0.4) is 0 Å². The minimum absolute atomic E-state index is 0.164. The molecule has 0 fully saturated rings. The molecular weight excluding hydrogens is 308 g/mol. The number of para-hydroxylation sites is 1. The van der Waals surface area contributed by atoms with Crippen molar-refractivity contribution in [2.75, 3.05) is 13.7 Å². The van der Waals surface area contributed by atoms with Crippen molar-refractivity contribution in [3.63, 3.8) is 0 Å². The second-order valence-electron chi connectivity index (χ2n) is 5.22. The third-order valence-corrected chi connectivity index (χ3v) is 3.36. The molecule has 2 aromatic rings. The topological polar surface area (TPSA) is 79.8 Å². The second kappa shape index (κ2) is 8.67. The largest absolute Gasteiger partial charge is 0.508 e. The molecule has 24 heavy (non-hydrogen) atoms. The number of methoxy groups -OCH3 is 1. The molecule has 3 N–H and O–H groups in total. The fraction of sp³-hybridized carbons (Fsp3) is 0.278. The fourth-order valence-electron chi connectivity index (χ4n) is 2.21. The Balaban J connectivity index is 1.73. The zero-order valence-electron chi connectivity index (χ0n) is 13.8. The maximum absolute atomic E-state index is 11.9. The van der Waals surface area contributed by atoms with Crippen molar-refractivity contribution in [2.24, 2.45) is 0 Å². The Labute approximate surface area is 141 Å². The van der Waals surface area contributed by atoms with Crippen LogP contribution in [0.5, 0.6) is 17.2 Å². The molecule has 0 aliphatic heterocycles. The van der Waals surface area contributed by atoms with E-state index in [0.29, 0.717) is 18.7 Å². The van der Waals surface area contributed by atoms with Gasteiger partial charge in [-0.3, -0.25) is 0 Å². The quantitative estimate of drug-likeness (QED) is 0.682. The minimum Gasteiger partial charge on any atom is -0.508 e. The molecule has 0 aliphatic rings. The van der Waals surface area contributed by atoms with Gasteiger partial charge in [0, 0.05) is 6.54 Å². The first-order valence-corrected chi connectivity index (χ1v) is 7.70. The number of rotatable bonds is 7. The van der Waals surface area contributed by atoms with Crippen LogP contribution in [0.25, 0.3) is 0 Å². The molecule has 6 nitrogen and oxygen atoms in total. The number of hydrogen-bond donors (Lipinski definition) is 3. The van der Waals surface area contributed by atoms with Gasteiger partial charge in [-0.05, 0) is 49.2 Å². The van der Waals surface area contributed by atoms with Crippen molar-refractivity contribution in [2.45, 2.75) is 19.6 Å². The number of carbonyl (C=O) groups excluding carboxylic acids is 1. The van der Waals surface area contributed by atoms with Crippen molar-refractivity contribution >= 4 is 6.03 Å². The van der Waals surface area contributed by atoms with Gasteiger partial charge < -0.3 is 25.2 Å². The van der Waals surface area contributed by atoms with Crippen molar-refractivity contribution < 1.29 is 19.4 Å². The van der Waals surface area contributed by atoms with Crippen LogP contribution < -0.4 is 20.1 Å². The van der Waals surface area contributed by atoms with Gasteiger partial charge in [0.15, 0.2) is 6.23 Å². The van der Waals surface area contributed by atoms with E-state index in [0.717, 1.165) is 11.3 Å². The summed E-state index contributed by atoms with van der Waals surface area (Å²) in [6.07, 6.45) is 0.172. The van der Waals surface area contributed by atoms with Crippen LogP contribution in [0.15, 0.2) is 48.5 Å². The Morgan fingerprint density at radius 2 is 1.88 bits per heavy atom. The Bertz CT molecular complexity index is 658. The number of phenols is 1. The SMILES string of the molecule is COc1ccccc1CCNC(=O)NC(C)Oc1ccc(O)cc1. The summed E-state index contributed by atoms with van der Waals surface area (Å²) in [5.74, 6) is 1.54. The lowest BCUT2D eigenvalue weighted by Crippen LogP contribution is -2.43. The van der Waals surface area contributed by atoms with E-state index in [2.05, 4.69) is 10.6 Å². The van der Waals surface area contributed by atoms with E-state index in [4.69, 9.17) is 9.47 Å². The van der Waals surface area contributed by atoms with Gasteiger partial charge in [0.2, 0.25) is 0 Å². The molecule has 0 heterocycles. The number of urea groups is 1. The standard InChI is InChI=1S/C18H22N2O4/c1-13(24-16-9-7-15(21)8-10-16)20-18(22)19-12-11-14-5-3-4-6-17(14)23-2/h3-10,13,21H,11-12H2,1-2H3,(H2,19,20,22). The Morgan fingerprint density at radius 1 is 1.17 bits per heavy atom. The number of nitrogens with one attached hydrogen (secondary N) is 2. The first kappa shape index (κ1) is 17.5. The lowest BCUT2D eigenvalue weighted by atomic mass is 10.1. The molecule has 0 saturated carbocycles. The average Bonchev–Trinajstić information content (AvgIpc) is 2.57. The van der Waals surface area contributed by atoms with Crippen molar-refractivity contribution in [1.29, 1.82) is 0 Å². The lowest BCUT2D eigenvalue weighted by Gasteiger charge is -2.17. The molecule has 6 heteroatoms. The predicted octanol–water partition coefficient (Wildman–Crippen LogP) is 2.67. The van der Waals surface area contributed by atoms with Crippen LogP contribution in [-0.2, 0) is 6.42 Å². The molecule has 1 atom stereocenters. The number of hydrogen-bond acceptors (Lipinski definition) is 4. The molecule has 2 amide bonds. The molecule has 0 aliphatic carbocycles. The molecule has 0 saturated heterocycles. The monoisotopic (exact) mass is 330 g/mol. The number of phenolic OH excluding ortho intramolecular Hbond substituents is 1. The number of ether oxygens (including phenoxy) is 2. The van der Waals surface area contributed by atoms with Crippen LogP contribution in [0, 0.1) is 0 Å². The highest BCUT2D eigenvalue weighted by atomic mass is 16.5. The van der Waals surface area contributed by atoms with Crippen LogP contribution >= 0.6 is 0 Å². The molecule has 2 rings (SSSR count). The number of amides is 2. The number of aromatic hydroxyl groups is 1. The van der Waals surface area contributed by atoms with E-state index in [9.17, 15) is 9.90 Å². The van der Waals surface area contributed by atoms with E-state index in [1.807, 2.05) is 24.3 Å². The van der Waals surface area contributed by atoms with E-state index in [-0.39, 0.29) is 11.8 Å². The molecule has 1 unspecified atom stereocenters. The van der Waals surface area contributed by atoms with Gasteiger partial charge in [0.05, 0.1) is 7.11 Å². The number of benzene rings is 2. The predicted molar refractivity (Wildman–Crippen MR) is 91.4 cm³/mol. The molecule has 0 spiro atoms. The molecule has 2 aromatic carbocycles. The smallest absolute Gasteiger partial charge is 0.317 e. The summed E-state index contributed by atoms with van der Waals surface area (Å²) >= 11 is 0. The fourth-order valence-corrected chi connectivity index (χ4v) is 2.21. The maximum Gasteiger partial charge on any atom is 0.317 e. The summed E-state index contributed by atoms with van der Waals surface area (Å²) in [5.41, 5.74) is 1.04. The minimum atomic E-state index is -0.499. The van der Waals surface area contributed by atoms with Gasteiger partial charge in [0.1, 0.15) is 17.2 Å². The van der Waals surface area contributed by atoms with Gasteiger partial charge in [-0.1, -0.05) is 18.2 Å². The zero-order valence-corrected chi connectivity index (χ0v) is 13.8. The third kappa shape index (κ3) is 5.39. The van der Waals surface area contributed by atoms with Crippen molar-refractivity contribution in [1.82, 2.24) is 10.6 Å². The lowest BCUT2D eigenvalue weighted by molar-refractivity contribution is 0.177. The number of carbonyl (C=O) groups is 1. The summed E-state index contributed by atoms with van der Waals surface area (Å²) in [5, 5.41) is 14.7. The Hall–Kier alpha value is -2.89. The van der Waals surface area contributed by atoms with Crippen LogP contribution in [-0.4, -0.2) is 31.0 Å². The summed E-state index contributed by atoms with van der Waals surface area (Å²) in [4.78, 5) is 11.9. The van der Waals surface area contributed by atoms with Crippen LogP contribution in [0.2, 0.25) is 0 Å². The van der Waals surface area contributed by atoms with Crippen molar-refractivity contribution in [3.05, 3.63) is 54.1 Å². The van der Waals surface area contributed by atoms with Crippen molar-refractivity contribution in [3.8, 4) is 17.2 Å². The Kier molecular flexibility index (Phi) is 6.31. The second-order valence-corrected chi connectivity index (χ2v) is 5.22. The average molecular weight is 330 g/mol. The summed E-state index contributed by atoms with van der Waals surface area (Å²) in [6.45, 7) is 2.21. The summed E-state index contributed by atoms with van der Waals surface area (Å²) < 4.78 is 10.8. The highest BCUT2D eigenvalue weighted by Crippen LogP contribution is 2.17. The van der Waals surface area contributed by atoms with E-state index in [1.165, 1.54) is 12.1 Å². The summed E-state index contributed by atoms with van der Waals surface area (Å²) in [6, 6.07) is 13.7. The molecule has 0 aromatic heterocycles. The Morgan fingerprint density at radius 3 is 2.58 bits per heavy atom. The van der Waals surface area contributed by atoms with Crippen LogP contribution in [0.4, 0.5) is 4.79 Å². The highest BCUT2D eigenvalue weighted by Gasteiger charge is 2.08. The molecule has 0 bridgehead atoms. The van der Waals surface area contributed by atoms with Gasteiger partial charge >= 0.3 is 6.03 Å². The molecule has 0 radical (unpaired) electrons. The first-order valence-electron chi connectivity index (χ1n) is 7.70. The van der Waals surface area contributed by atoms with Crippen LogP contribution in [0.1, 0.15) is 12.5 Å². The third-order valence-electron chi connectivity index (χ3n) is 3.36. The van der Waals surface area contributed by atoms with E-state index in [1.54, 1.807) is 26.2 Å². The van der Waals surface area contributed by atoms with E-state index >= 15 is 0 Å². The first-order chi connectivity index (χ1) is 11.6. The zero-order chi connectivity index (χ0) is 17.4.